The van der Waals surface area contributed by atoms with Gasteiger partial charge < -0.3 is 10.1 Å². The highest BCUT2D eigenvalue weighted by Crippen LogP contribution is 2.34. The number of dihydropyridines is 1. The van der Waals surface area contributed by atoms with E-state index in [-0.39, 0.29) is 16.8 Å². The van der Waals surface area contributed by atoms with Crippen molar-refractivity contribution in [2.75, 3.05) is 7.11 Å². The van der Waals surface area contributed by atoms with Gasteiger partial charge in [0.1, 0.15) is 23.0 Å². The molecule has 1 atom stereocenters. The second kappa shape index (κ2) is 8.70. The molecule has 0 radical (unpaired) electrons. The lowest BCUT2D eigenvalue weighted by molar-refractivity contribution is 0.0589. The van der Waals surface area contributed by atoms with E-state index in [9.17, 15) is 9.18 Å². The van der Waals surface area contributed by atoms with E-state index in [1.165, 1.54) is 18.3 Å². The Balaban J connectivity index is 1.82. The molecule has 0 spiro atoms. The average Bonchev–Trinajstić information content (AvgIpc) is 2.79. The third-order valence-electron chi connectivity index (χ3n) is 5.19. The van der Waals surface area contributed by atoms with Gasteiger partial charge in [0.2, 0.25) is 0 Å². The lowest BCUT2D eigenvalue weighted by Crippen LogP contribution is -2.24. The number of ether oxygens (including phenoxy) is 1. The van der Waals surface area contributed by atoms with Gasteiger partial charge in [0.15, 0.2) is 0 Å². The second-order valence-electron chi connectivity index (χ2n) is 7.29. The number of methoxy groups -OCH3 is 1. The summed E-state index contributed by atoms with van der Waals surface area (Å²) in [6.45, 7) is 1.78. The summed E-state index contributed by atoms with van der Waals surface area (Å²) in [5.41, 5.74) is 0.887. The van der Waals surface area contributed by atoms with Crippen molar-refractivity contribution in [3.8, 4) is 11.3 Å². The summed E-state index contributed by atoms with van der Waals surface area (Å²) in [7, 11) is 1.05. The summed E-state index contributed by atoms with van der Waals surface area (Å²) in [6, 6.07) is 10.2. The van der Waals surface area contributed by atoms with Gasteiger partial charge in [0.05, 0.1) is 18.8 Å². The van der Waals surface area contributed by atoms with Crippen LogP contribution >= 0.6 is 0 Å². The van der Waals surface area contributed by atoms with Gasteiger partial charge in [-0.3, -0.25) is 4.98 Å². The summed E-state index contributed by atoms with van der Waals surface area (Å²) < 4.78 is 49.6. The van der Waals surface area contributed by atoms with Crippen LogP contribution in [0.15, 0.2) is 66.9 Å². The molecule has 1 unspecified atom stereocenters. The molecule has 0 fully saturated rings. The molecule has 0 amide bonds. The Bertz CT molecular complexity index is 1250. The molecule has 2 aromatic carbocycles. The first-order valence-corrected chi connectivity index (χ1v) is 9.84. The van der Waals surface area contributed by atoms with Crippen molar-refractivity contribution < 1.29 is 22.7 Å². The van der Waals surface area contributed by atoms with Gasteiger partial charge in [-0.05, 0) is 48.9 Å². The number of aryl methyl sites for hydroxylation is 1. The number of allylic oxidation sites excluding steroid dienone is 2. The number of carbonyl (C=O) groups excluding carboxylic acids is 1. The van der Waals surface area contributed by atoms with E-state index in [4.69, 9.17) is 0 Å². The number of hydrogen-bond acceptors (Lipinski definition) is 4. The molecule has 1 N–H and O–H groups in total. The van der Waals surface area contributed by atoms with E-state index in [1.54, 1.807) is 55.5 Å². The Labute approximate surface area is 183 Å². The van der Waals surface area contributed by atoms with E-state index in [0.717, 1.165) is 12.7 Å². The molecule has 0 bridgehead atoms. The molecule has 7 heteroatoms. The minimum absolute atomic E-state index is 0.00169. The predicted octanol–water partition coefficient (Wildman–Crippen LogP) is 5.50. The van der Waals surface area contributed by atoms with Gasteiger partial charge >= 0.3 is 5.97 Å². The summed E-state index contributed by atoms with van der Waals surface area (Å²) >= 11 is 0. The lowest BCUT2D eigenvalue weighted by atomic mass is 9.94. The average molecular weight is 436 g/mol. The zero-order valence-corrected chi connectivity index (χ0v) is 17.3. The fraction of sp³-hybridized carbons (Fsp3) is 0.120. The van der Waals surface area contributed by atoms with Crippen molar-refractivity contribution in [2.24, 2.45) is 0 Å². The Morgan fingerprint density at radius 3 is 2.56 bits per heavy atom. The van der Waals surface area contributed by atoms with Crippen LogP contribution in [0.4, 0.5) is 13.2 Å². The largest absolute Gasteiger partial charge is 0.465 e. The van der Waals surface area contributed by atoms with Crippen LogP contribution in [0.25, 0.3) is 17.0 Å². The molecular formula is C25H19F3N2O2. The summed E-state index contributed by atoms with van der Waals surface area (Å²) in [5.74, 6) is -3.68. The second-order valence-corrected chi connectivity index (χ2v) is 7.29. The Morgan fingerprint density at radius 1 is 1.06 bits per heavy atom. The van der Waals surface area contributed by atoms with Crippen molar-refractivity contribution in [1.82, 2.24) is 10.3 Å². The summed E-state index contributed by atoms with van der Waals surface area (Å²) in [5, 5.41) is 3.07. The number of carbonyl (C=O) groups is 1. The number of pyridine rings is 1. The number of esters is 1. The first-order valence-electron chi connectivity index (χ1n) is 9.84. The van der Waals surface area contributed by atoms with Crippen molar-refractivity contribution in [1.29, 1.82) is 0 Å². The molecule has 1 aliphatic heterocycles. The number of nitrogens with one attached hydrogen (secondary N) is 1. The monoisotopic (exact) mass is 436 g/mol. The Morgan fingerprint density at radius 2 is 1.88 bits per heavy atom. The number of aromatic nitrogens is 1. The molecule has 32 heavy (non-hydrogen) atoms. The fourth-order valence-corrected chi connectivity index (χ4v) is 3.59. The van der Waals surface area contributed by atoms with E-state index in [0.29, 0.717) is 11.3 Å². The number of halogens is 3. The quantitative estimate of drug-likeness (QED) is 0.549. The van der Waals surface area contributed by atoms with Gasteiger partial charge in [0, 0.05) is 28.6 Å². The van der Waals surface area contributed by atoms with Crippen molar-refractivity contribution in [3.63, 3.8) is 0 Å². The molecule has 0 saturated carbocycles. The van der Waals surface area contributed by atoms with Gasteiger partial charge in [-0.2, -0.15) is 0 Å². The molecule has 3 aromatic rings. The molecule has 0 aliphatic carbocycles. The standard InChI is InChI=1S/C25H19F3N2O2/c1-14-9-10-15(18(26)12-14)20-7-5-8-21(30-20)17-13-16(19-6-3-4-11-29-19)23(27)22(24(17)28)25(31)32-2/h3-13,21,30H,1-2H3. The van der Waals surface area contributed by atoms with E-state index >= 15 is 8.78 Å². The van der Waals surface area contributed by atoms with Crippen LogP contribution in [0.2, 0.25) is 0 Å². The minimum Gasteiger partial charge on any atom is -0.465 e. The fourth-order valence-electron chi connectivity index (χ4n) is 3.59. The number of hydrogen-bond donors (Lipinski definition) is 1. The van der Waals surface area contributed by atoms with Crippen LogP contribution < -0.4 is 5.32 Å². The molecular weight excluding hydrogens is 417 g/mol. The van der Waals surface area contributed by atoms with Gasteiger partial charge in [0.25, 0.3) is 0 Å². The molecule has 4 rings (SSSR count). The number of rotatable bonds is 4. The maximum Gasteiger partial charge on any atom is 0.343 e. The molecule has 2 heterocycles. The van der Waals surface area contributed by atoms with Crippen molar-refractivity contribution in [3.05, 3.63) is 107 Å². The Kier molecular flexibility index (Phi) is 5.81. The molecule has 0 saturated heterocycles. The number of nitrogens with zero attached hydrogens (tertiary/aromatic N) is 1. The SMILES string of the molecule is COC(=O)c1c(F)c(-c2ccccn2)cc(C2C=CC=C(c3ccc(C)cc3F)N2)c1F. The van der Waals surface area contributed by atoms with E-state index < -0.39 is 35.0 Å². The molecule has 162 valence electrons. The molecule has 1 aromatic heterocycles. The lowest BCUT2D eigenvalue weighted by Gasteiger charge is -2.24. The Hall–Kier alpha value is -3.87. The first kappa shape index (κ1) is 21.4. The third kappa shape index (κ3) is 3.89. The summed E-state index contributed by atoms with van der Waals surface area (Å²) in [4.78, 5) is 16.3. The maximum atomic E-state index is 15.4. The van der Waals surface area contributed by atoms with Gasteiger partial charge in [-0.25, -0.2) is 18.0 Å². The normalized spacial score (nSPS) is 15.2. The smallest absolute Gasteiger partial charge is 0.343 e. The zero-order valence-electron chi connectivity index (χ0n) is 17.3. The first-order chi connectivity index (χ1) is 15.4. The van der Waals surface area contributed by atoms with Gasteiger partial charge in [-0.1, -0.05) is 24.3 Å². The van der Waals surface area contributed by atoms with Crippen molar-refractivity contribution in [2.45, 2.75) is 13.0 Å². The van der Waals surface area contributed by atoms with Crippen LogP contribution in [0.5, 0.6) is 0 Å². The van der Waals surface area contributed by atoms with Crippen LogP contribution in [-0.4, -0.2) is 18.1 Å². The van der Waals surface area contributed by atoms with E-state index in [2.05, 4.69) is 15.0 Å². The topological polar surface area (TPSA) is 51.2 Å². The highest BCUT2D eigenvalue weighted by molar-refractivity contribution is 5.92. The van der Waals surface area contributed by atoms with Crippen LogP contribution in [0, 0.1) is 24.4 Å². The number of benzene rings is 2. The zero-order chi connectivity index (χ0) is 22.8. The molecule has 1 aliphatic rings. The molecule has 4 nitrogen and oxygen atoms in total. The van der Waals surface area contributed by atoms with Crippen LogP contribution in [0.1, 0.15) is 33.1 Å². The van der Waals surface area contributed by atoms with Crippen LogP contribution in [0.3, 0.4) is 0 Å². The minimum atomic E-state index is -1.14. The van der Waals surface area contributed by atoms with E-state index in [1.807, 2.05) is 0 Å². The highest BCUT2D eigenvalue weighted by Gasteiger charge is 2.29. The highest BCUT2D eigenvalue weighted by atomic mass is 19.1. The van der Waals surface area contributed by atoms with Gasteiger partial charge in [-0.15, -0.1) is 0 Å². The van der Waals surface area contributed by atoms with Crippen molar-refractivity contribution >= 4 is 11.7 Å². The summed E-state index contributed by atoms with van der Waals surface area (Å²) in [6.07, 6.45) is 6.41. The third-order valence-corrected chi connectivity index (χ3v) is 5.19. The predicted molar refractivity (Wildman–Crippen MR) is 115 cm³/mol. The maximum absolute atomic E-state index is 15.4. The van der Waals surface area contributed by atoms with Crippen LogP contribution in [-0.2, 0) is 4.74 Å².